The fraction of sp³-hybridized carbons (Fsp3) is 0.250. The van der Waals surface area contributed by atoms with Gasteiger partial charge >= 0.3 is 0 Å². The maximum absolute atomic E-state index is 11.8. The fourth-order valence-electron chi connectivity index (χ4n) is 1.42. The number of aromatic nitrogens is 2. The summed E-state index contributed by atoms with van der Waals surface area (Å²) in [5, 5.41) is 15.4. The largest absolute Gasteiger partial charge is 0.372 e. The summed E-state index contributed by atoms with van der Waals surface area (Å²) in [6, 6.07) is 5.40. The molecule has 2 aromatic heterocycles. The van der Waals surface area contributed by atoms with E-state index in [-0.39, 0.29) is 5.91 Å². The van der Waals surface area contributed by atoms with E-state index in [4.69, 9.17) is 0 Å². The molecule has 2 aromatic rings. The van der Waals surface area contributed by atoms with Gasteiger partial charge in [-0.2, -0.15) is 0 Å². The maximum Gasteiger partial charge on any atom is 0.272 e. The Balaban J connectivity index is 1.97. The zero-order valence-corrected chi connectivity index (χ0v) is 11.0. The van der Waals surface area contributed by atoms with Crippen molar-refractivity contribution in [1.82, 2.24) is 15.5 Å². The second-order valence-electron chi connectivity index (χ2n) is 3.76. The molecule has 0 aromatic carbocycles. The van der Waals surface area contributed by atoms with Crippen LogP contribution in [0.25, 0.3) is 0 Å². The average Bonchev–Trinajstić information content (AvgIpc) is 2.81. The van der Waals surface area contributed by atoms with Crippen LogP contribution in [0.15, 0.2) is 23.6 Å². The fourth-order valence-corrected chi connectivity index (χ4v) is 2.27. The van der Waals surface area contributed by atoms with E-state index in [9.17, 15) is 4.79 Å². The third-order valence-corrected chi connectivity index (χ3v) is 3.55. The highest BCUT2D eigenvalue weighted by Gasteiger charge is 2.08. The lowest BCUT2D eigenvalue weighted by Crippen LogP contribution is -2.24. The molecular formula is C12H14N4OS. The van der Waals surface area contributed by atoms with E-state index in [2.05, 4.69) is 20.8 Å². The van der Waals surface area contributed by atoms with Gasteiger partial charge in [0.15, 0.2) is 5.69 Å². The van der Waals surface area contributed by atoms with Crippen LogP contribution < -0.4 is 10.6 Å². The van der Waals surface area contributed by atoms with Gasteiger partial charge in [-0.1, -0.05) is 0 Å². The van der Waals surface area contributed by atoms with Crippen molar-refractivity contribution in [2.45, 2.75) is 13.5 Å². The minimum Gasteiger partial charge on any atom is -0.372 e. The van der Waals surface area contributed by atoms with Gasteiger partial charge in [0.2, 0.25) is 0 Å². The normalized spacial score (nSPS) is 10.1. The Morgan fingerprint density at radius 1 is 1.33 bits per heavy atom. The minimum atomic E-state index is -0.210. The Morgan fingerprint density at radius 2 is 2.17 bits per heavy atom. The minimum absolute atomic E-state index is 0.210. The molecule has 0 atom stereocenters. The Morgan fingerprint density at radius 3 is 2.72 bits per heavy atom. The monoisotopic (exact) mass is 262 g/mol. The molecule has 18 heavy (non-hydrogen) atoms. The molecule has 0 bridgehead atoms. The molecule has 1 amide bonds. The van der Waals surface area contributed by atoms with Crippen LogP contribution in [-0.2, 0) is 6.54 Å². The summed E-state index contributed by atoms with van der Waals surface area (Å²) in [6.07, 6.45) is 0. The van der Waals surface area contributed by atoms with E-state index < -0.39 is 0 Å². The predicted molar refractivity (Wildman–Crippen MR) is 71.8 cm³/mol. The maximum atomic E-state index is 11.8. The molecule has 0 radical (unpaired) electrons. The molecule has 2 rings (SSSR count). The number of aryl methyl sites for hydroxylation is 1. The van der Waals surface area contributed by atoms with Gasteiger partial charge in [0.25, 0.3) is 5.91 Å². The molecule has 0 saturated heterocycles. The van der Waals surface area contributed by atoms with Crippen LogP contribution in [0.2, 0.25) is 0 Å². The van der Waals surface area contributed by atoms with Crippen molar-refractivity contribution in [3.63, 3.8) is 0 Å². The lowest BCUT2D eigenvalue weighted by atomic mass is 10.3. The number of rotatable bonds is 4. The third-order valence-electron chi connectivity index (χ3n) is 2.53. The van der Waals surface area contributed by atoms with Crippen molar-refractivity contribution >= 4 is 23.1 Å². The number of nitrogens with one attached hydrogen (secondary N) is 2. The van der Waals surface area contributed by atoms with Crippen molar-refractivity contribution < 1.29 is 4.79 Å². The lowest BCUT2D eigenvalue weighted by molar-refractivity contribution is 0.0945. The first-order valence-corrected chi connectivity index (χ1v) is 6.41. The zero-order chi connectivity index (χ0) is 13.0. The number of carbonyl (C=O) groups is 1. The van der Waals surface area contributed by atoms with Crippen molar-refractivity contribution in [3.8, 4) is 0 Å². The smallest absolute Gasteiger partial charge is 0.272 e. The predicted octanol–water partition coefficient (Wildman–Crippen LogP) is 1.82. The van der Waals surface area contributed by atoms with Gasteiger partial charge in [-0.25, -0.2) is 0 Å². The molecule has 0 unspecified atom stereocenters. The summed E-state index contributed by atoms with van der Waals surface area (Å²) < 4.78 is 0. The van der Waals surface area contributed by atoms with Gasteiger partial charge in [0.05, 0.1) is 6.54 Å². The highest BCUT2D eigenvalue weighted by atomic mass is 32.1. The van der Waals surface area contributed by atoms with Crippen LogP contribution >= 0.6 is 11.3 Å². The number of hydrogen-bond donors (Lipinski definition) is 2. The summed E-state index contributed by atoms with van der Waals surface area (Å²) in [5.41, 5.74) is 1.51. The summed E-state index contributed by atoms with van der Waals surface area (Å²) in [4.78, 5) is 13.0. The summed E-state index contributed by atoms with van der Waals surface area (Å²) in [6.45, 7) is 2.55. The average molecular weight is 262 g/mol. The number of amides is 1. The second-order valence-corrected chi connectivity index (χ2v) is 4.76. The van der Waals surface area contributed by atoms with Crippen LogP contribution in [-0.4, -0.2) is 23.2 Å². The molecule has 0 aliphatic rings. The van der Waals surface area contributed by atoms with Crippen LogP contribution in [0.5, 0.6) is 0 Å². The van der Waals surface area contributed by atoms with Gasteiger partial charge < -0.3 is 10.6 Å². The Labute approximate surface area is 109 Å². The van der Waals surface area contributed by atoms with Gasteiger partial charge in [-0.05, 0) is 36.1 Å². The Bertz CT molecular complexity index is 535. The van der Waals surface area contributed by atoms with Gasteiger partial charge in [-0.3, -0.25) is 4.79 Å². The van der Waals surface area contributed by atoms with Crippen molar-refractivity contribution in [1.29, 1.82) is 0 Å². The van der Waals surface area contributed by atoms with Crippen LogP contribution in [0.3, 0.4) is 0 Å². The molecule has 6 heteroatoms. The first-order valence-electron chi connectivity index (χ1n) is 5.53. The van der Waals surface area contributed by atoms with Crippen LogP contribution in [0, 0.1) is 6.92 Å². The van der Waals surface area contributed by atoms with Gasteiger partial charge in [0, 0.05) is 11.9 Å². The summed E-state index contributed by atoms with van der Waals surface area (Å²) in [7, 11) is 1.75. The van der Waals surface area contributed by atoms with Crippen LogP contribution in [0.1, 0.15) is 20.9 Å². The van der Waals surface area contributed by atoms with Crippen molar-refractivity contribution in [2.75, 3.05) is 12.4 Å². The lowest BCUT2D eigenvalue weighted by Gasteiger charge is -2.04. The molecule has 5 nitrogen and oxygen atoms in total. The highest BCUT2D eigenvalue weighted by molar-refractivity contribution is 7.10. The molecule has 94 valence electrons. The summed E-state index contributed by atoms with van der Waals surface area (Å²) in [5.74, 6) is 0.429. The Kier molecular flexibility index (Phi) is 3.88. The van der Waals surface area contributed by atoms with Gasteiger partial charge in [0.1, 0.15) is 5.82 Å². The quantitative estimate of drug-likeness (QED) is 0.882. The third kappa shape index (κ3) is 2.84. The first kappa shape index (κ1) is 12.5. The van der Waals surface area contributed by atoms with E-state index in [1.165, 1.54) is 5.56 Å². The SMILES string of the molecule is CNc1ccc(C(=O)NCc2sccc2C)nn1. The molecule has 0 saturated carbocycles. The van der Waals surface area contributed by atoms with Gasteiger partial charge in [-0.15, -0.1) is 21.5 Å². The molecule has 0 spiro atoms. The summed E-state index contributed by atoms with van der Waals surface area (Å²) >= 11 is 1.63. The molecule has 0 aliphatic carbocycles. The van der Waals surface area contributed by atoms with Crippen molar-refractivity contribution in [3.05, 3.63) is 39.7 Å². The zero-order valence-electron chi connectivity index (χ0n) is 10.2. The number of nitrogens with zero attached hydrogens (tertiary/aromatic N) is 2. The van der Waals surface area contributed by atoms with E-state index in [1.807, 2.05) is 18.4 Å². The molecule has 2 heterocycles. The first-order chi connectivity index (χ1) is 8.70. The highest BCUT2D eigenvalue weighted by Crippen LogP contribution is 2.14. The van der Waals surface area contributed by atoms with E-state index in [1.54, 1.807) is 30.5 Å². The number of anilines is 1. The van der Waals surface area contributed by atoms with E-state index >= 15 is 0 Å². The number of carbonyl (C=O) groups excluding carboxylic acids is 1. The van der Waals surface area contributed by atoms with Crippen molar-refractivity contribution in [2.24, 2.45) is 0 Å². The molecule has 0 fully saturated rings. The molecular weight excluding hydrogens is 248 g/mol. The Hall–Kier alpha value is -1.95. The standard InChI is InChI=1S/C12H14N4OS/c1-8-5-6-18-10(8)7-14-12(17)9-3-4-11(13-2)16-15-9/h3-6H,7H2,1-2H3,(H,13,16)(H,14,17). The molecule has 0 aliphatic heterocycles. The van der Waals surface area contributed by atoms with E-state index in [0.29, 0.717) is 18.1 Å². The topological polar surface area (TPSA) is 66.9 Å². The number of hydrogen-bond acceptors (Lipinski definition) is 5. The van der Waals surface area contributed by atoms with Crippen LogP contribution in [0.4, 0.5) is 5.82 Å². The number of thiophene rings is 1. The second kappa shape index (κ2) is 5.59. The van der Waals surface area contributed by atoms with E-state index in [0.717, 1.165) is 4.88 Å². The molecule has 2 N–H and O–H groups in total.